The van der Waals surface area contributed by atoms with Crippen molar-refractivity contribution in [2.24, 2.45) is 0 Å². The Balaban J connectivity index is 2.74. The molecule has 0 amide bonds. The molecule has 1 unspecified atom stereocenters. The number of benzene rings is 1. The van der Waals surface area contributed by atoms with Crippen LogP contribution in [0, 0.1) is 0 Å². The molecule has 0 aliphatic rings. The maximum atomic E-state index is 9.79. The molecule has 0 aliphatic heterocycles. The number of phenolic OH excluding ortho intramolecular Hbond substituents is 1. The van der Waals surface area contributed by atoms with Crippen LogP contribution in [0.25, 0.3) is 0 Å². The summed E-state index contributed by atoms with van der Waals surface area (Å²) >= 11 is 0. The van der Waals surface area contributed by atoms with E-state index in [1.54, 1.807) is 25.1 Å². The first-order valence-corrected chi connectivity index (χ1v) is 4.54. The van der Waals surface area contributed by atoms with Gasteiger partial charge in [-0.2, -0.15) is 0 Å². The molecule has 1 aromatic rings. The maximum absolute atomic E-state index is 9.79. The molecule has 1 atom stereocenters. The second kappa shape index (κ2) is 3.79. The third kappa shape index (κ3) is 3.07. The predicted octanol–water partition coefficient (Wildman–Crippen LogP) is 2.10. The van der Waals surface area contributed by atoms with Gasteiger partial charge in [0, 0.05) is 6.42 Å². The Morgan fingerprint density at radius 2 is 2.08 bits per heavy atom. The SMILES string of the molecule is CCC(C)(O)Cc1cccc(O)c1. The number of aliphatic hydroxyl groups is 1. The molecule has 0 heterocycles. The molecule has 0 saturated heterocycles. The fourth-order valence-electron chi connectivity index (χ4n) is 1.23. The van der Waals surface area contributed by atoms with Gasteiger partial charge in [-0.1, -0.05) is 19.1 Å². The third-order valence-corrected chi connectivity index (χ3v) is 2.26. The van der Waals surface area contributed by atoms with Gasteiger partial charge >= 0.3 is 0 Å². The summed E-state index contributed by atoms with van der Waals surface area (Å²) in [5.41, 5.74) is 0.292. The molecule has 0 radical (unpaired) electrons. The zero-order valence-electron chi connectivity index (χ0n) is 8.12. The lowest BCUT2D eigenvalue weighted by atomic mass is 9.94. The number of aromatic hydroxyl groups is 1. The minimum absolute atomic E-state index is 0.254. The largest absolute Gasteiger partial charge is 0.508 e. The van der Waals surface area contributed by atoms with Gasteiger partial charge in [0.2, 0.25) is 0 Å². The normalized spacial score (nSPS) is 15.3. The van der Waals surface area contributed by atoms with Crippen molar-refractivity contribution < 1.29 is 10.2 Å². The first-order valence-electron chi connectivity index (χ1n) is 4.54. The molecule has 72 valence electrons. The van der Waals surface area contributed by atoms with Crippen LogP contribution in [-0.2, 0) is 6.42 Å². The van der Waals surface area contributed by atoms with Gasteiger partial charge < -0.3 is 10.2 Å². The van der Waals surface area contributed by atoms with Gasteiger partial charge in [0.1, 0.15) is 5.75 Å². The fraction of sp³-hybridized carbons (Fsp3) is 0.455. The summed E-state index contributed by atoms with van der Waals surface area (Å²) in [7, 11) is 0. The van der Waals surface area contributed by atoms with Gasteiger partial charge in [-0.15, -0.1) is 0 Å². The maximum Gasteiger partial charge on any atom is 0.115 e. The van der Waals surface area contributed by atoms with E-state index in [9.17, 15) is 10.2 Å². The van der Waals surface area contributed by atoms with Crippen LogP contribution in [0.15, 0.2) is 24.3 Å². The van der Waals surface area contributed by atoms with Crippen molar-refractivity contribution in [3.8, 4) is 5.75 Å². The average Bonchev–Trinajstić information content (AvgIpc) is 2.03. The Morgan fingerprint density at radius 1 is 1.38 bits per heavy atom. The molecule has 2 heteroatoms. The molecule has 0 fully saturated rings. The Hall–Kier alpha value is -1.02. The standard InChI is InChI=1S/C11H16O2/c1-3-11(2,13)8-9-5-4-6-10(12)7-9/h4-7,12-13H,3,8H2,1-2H3. The monoisotopic (exact) mass is 180 g/mol. The van der Waals surface area contributed by atoms with Crippen LogP contribution in [0.5, 0.6) is 5.75 Å². The van der Waals surface area contributed by atoms with Crippen molar-refractivity contribution in [2.75, 3.05) is 0 Å². The van der Waals surface area contributed by atoms with Crippen molar-refractivity contribution in [3.63, 3.8) is 0 Å². The first-order chi connectivity index (χ1) is 6.03. The first kappa shape index (κ1) is 10.1. The molecular formula is C11H16O2. The van der Waals surface area contributed by atoms with Gasteiger partial charge in [-0.3, -0.25) is 0 Å². The smallest absolute Gasteiger partial charge is 0.115 e. The Morgan fingerprint density at radius 3 is 2.62 bits per heavy atom. The van der Waals surface area contributed by atoms with Crippen LogP contribution < -0.4 is 0 Å². The van der Waals surface area contributed by atoms with Crippen LogP contribution in [0.1, 0.15) is 25.8 Å². The Kier molecular flexibility index (Phi) is 2.94. The molecule has 1 rings (SSSR count). The number of phenols is 1. The fourth-order valence-corrected chi connectivity index (χ4v) is 1.23. The van der Waals surface area contributed by atoms with Gasteiger partial charge in [0.05, 0.1) is 5.60 Å². The molecule has 1 aromatic carbocycles. The molecule has 0 saturated carbocycles. The molecule has 0 spiro atoms. The van der Waals surface area contributed by atoms with E-state index in [0.29, 0.717) is 12.8 Å². The highest BCUT2D eigenvalue weighted by molar-refractivity contribution is 5.28. The van der Waals surface area contributed by atoms with E-state index in [0.717, 1.165) is 5.56 Å². The number of rotatable bonds is 3. The second-order valence-corrected chi connectivity index (χ2v) is 3.70. The van der Waals surface area contributed by atoms with E-state index in [-0.39, 0.29) is 5.75 Å². The van der Waals surface area contributed by atoms with Gasteiger partial charge in [-0.25, -0.2) is 0 Å². The quantitative estimate of drug-likeness (QED) is 0.747. The van der Waals surface area contributed by atoms with Crippen molar-refractivity contribution in [1.29, 1.82) is 0 Å². The summed E-state index contributed by atoms with van der Waals surface area (Å²) in [5.74, 6) is 0.254. The van der Waals surface area contributed by atoms with Gasteiger partial charge in [0.25, 0.3) is 0 Å². The minimum Gasteiger partial charge on any atom is -0.508 e. The lowest BCUT2D eigenvalue weighted by Crippen LogP contribution is -2.25. The van der Waals surface area contributed by atoms with Crippen LogP contribution in [0.3, 0.4) is 0 Å². The van der Waals surface area contributed by atoms with Crippen molar-refractivity contribution in [3.05, 3.63) is 29.8 Å². The highest BCUT2D eigenvalue weighted by atomic mass is 16.3. The van der Waals surface area contributed by atoms with E-state index in [2.05, 4.69) is 0 Å². The minimum atomic E-state index is -0.673. The lowest BCUT2D eigenvalue weighted by molar-refractivity contribution is 0.0564. The molecule has 0 bridgehead atoms. The van der Waals surface area contributed by atoms with E-state index in [4.69, 9.17) is 0 Å². The summed E-state index contributed by atoms with van der Waals surface area (Å²) in [6.45, 7) is 3.75. The number of hydrogen-bond donors (Lipinski definition) is 2. The average molecular weight is 180 g/mol. The Labute approximate surface area is 78.8 Å². The summed E-state index contributed by atoms with van der Waals surface area (Å²) < 4.78 is 0. The summed E-state index contributed by atoms with van der Waals surface area (Å²) in [6, 6.07) is 7.01. The molecule has 2 N–H and O–H groups in total. The van der Waals surface area contributed by atoms with E-state index >= 15 is 0 Å². The van der Waals surface area contributed by atoms with Crippen molar-refractivity contribution >= 4 is 0 Å². The van der Waals surface area contributed by atoms with Gasteiger partial charge in [0.15, 0.2) is 0 Å². The lowest BCUT2D eigenvalue weighted by Gasteiger charge is -2.21. The zero-order chi connectivity index (χ0) is 9.90. The topological polar surface area (TPSA) is 40.5 Å². The Bertz CT molecular complexity index is 279. The van der Waals surface area contributed by atoms with E-state index in [1.807, 2.05) is 13.0 Å². The highest BCUT2D eigenvalue weighted by Gasteiger charge is 2.17. The van der Waals surface area contributed by atoms with Crippen LogP contribution >= 0.6 is 0 Å². The highest BCUT2D eigenvalue weighted by Crippen LogP contribution is 2.19. The summed E-state index contributed by atoms with van der Waals surface area (Å²) in [5, 5.41) is 19.0. The van der Waals surface area contributed by atoms with Gasteiger partial charge in [-0.05, 0) is 31.0 Å². The van der Waals surface area contributed by atoms with Crippen molar-refractivity contribution in [2.45, 2.75) is 32.3 Å². The van der Waals surface area contributed by atoms with E-state index in [1.165, 1.54) is 0 Å². The van der Waals surface area contributed by atoms with Crippen LogP contribution in [0.2, 0.25) is 0 Å². The third-order valence-electron chi connectivity index (χ3n) is 2.26. The second-order valence-electron chi connectivity index (χ2n) is 3.70. The molecular weight excluding hydrogens is 164 g/mol. The van der Waals surface area contributed by atoms with Crippen molar-refractivity contribution in [1.82, 2.24) is 0 Å². The van der Waals surface area contributed by atoms with Crippen LogP contribution in [-0.4, -0.2) is 15.8 Å². The van der Waals surface area contributed by atoms with E-state index < -0.39 is 5.60 Å². The van der Waals surface area contributed by atoms with Crippen LogP contribution in [0.4, 0.5) is 0 Å². The molecule has 2 nitrogen and oxygen atoms in total. The molecule has 0 aromatic heterocycles. The summed E-state index contributed by atoms with van der Waals surface area (Å²) in [6.07, 6.45) is 1.29. The molecule has 13 heavy (non-hydrogen) atoms. The molecule has 0 aliphatic carbocycles. The predicted molar refractivity (Wildman–Crippen MR) is 52.7 cm³/mol. The number of hydrogen-bond acceptors (Lipinski definition) is 2. The summed E-state index contributed by atoms with van der Waals surface area (Å²) in [4.78, 5) is 0. The zero-order valence-corrected chi connectivity index (χ0v) is 8.12.